The Hall–Kier alpha value is -0.610. The molecule has 0 spiro atoms. The molecule has 0 aromatic carbocycles. The Bertz CT molecular complexity index is 346. The summed E-state index contributed by atoms with van der Waals surface area (Å²) in [6.07, 6.45) is 4.89. The van der Waals surface area contributed by atoms with E-state index in [-0.39, 0.29) is 6.04 Å². The Morgan fingerprint density at radius 2 is 2.05 bits per heavy atom. The topological polar surface area (TPSA) is 35.6 Å². The molecular weight excluding hydrogens is 238 g/mol. The molecule has 3 aliphatic rings. The summed E-state index contributed by atoms with van der Waals surface area (Å²) in [6.45, 7) is 6.37. The highest BCUT2D eigenvalue weighted by atomic mass is 16.2. The van der Waals surface area contributed by atoms with Gasteiger partial charge in [0, 0.05) is 19.1 Å². The minimum absolute atomic E-state index is 0.0814. The highest BCUT2D eigenvalue weighted by Gasteiger charge is 2.39. The molecule has 108 valence electrons. The van der Waals surface area contributed by atoms with Crippen molar-refractivity contribution in [3.8, 4) is 0 Å². The van der Waals surface area contributed by atoms with Gasteiger partial charge in [0.2, 0.25) is 5.91 Å². The molecule has 3 heterocycles. The molecule has 4 unspecified atom stereocenters. The maximum atomic E-state index is 12.6. The van der Waals surface area contributed by atoms with Crippen LogP contribution in [-0.4, -0.2) is 61.0 Å². The second-order valence-electron chi connectivity index (χ2n) is 6.72. The molecule has 0 aromatic heterocycles. The third-order valence-corrected chi connectivity index (χ3v) is 5.46. The number of nitrogens with one attached hydrogen (secondary N) is 1. The highest BCUT2D eigenvalue weighted by molar-refractivity contribution is 5.82. The first kappa shape index (κ1) is 13.4. The zero-order valence-corrected chi connectivity index (χ0v) is 12.3. The van der Waals surface area contributed by atoms with Crippen LogP contribution in [0.15, 0.2) is 0 Å². The molecule has 4 heteroatoms. The van der Waals surface area contributed by atoms with Gasteiger partial charge in [-0.2, -0.15) is 0 Å². The molecule has 0 aliphatic carbocycles. The molecule has 4 atom stereocenters. The molecule has 19 heavy (non-hydrogen) atoms. The van der Waals surface area contributed by atoms with E-state index < -0.39 is 0 Å². The summed E-state index contributed by atoms with van der Waals surface area (Å²) in [5, 5.41) is 3.38. The van der Waals surface area contributed by atoms with Crippen molar-refractivity contribution in [3.05, 3.63) is 0 Å². The smallest absolute Gasteiger partial charge is 0.239 e. The minimum atomic E-state index is 0.0814. The SMILES string of the molecule is CC1CCNC1C(=O)N1CCC2C(CCCN2C)C1. The van der Waals surface area contributed by atoms with Gasteiger partial charge in [0.15, 0.2) is 0 Å². The van der Waals surface area contributed by atoms with Crippen LogP contribution in [0.25, 0.3) is 0 Å². The normalized spacial score (nSPS) is 40.2. The monoisotopic (exact) mass is 265 g/mol. The average molecular weight is 265 g/mol. The van der Waals surface area contributed by atoms with Crippen molar-refractivity contribution in [2.24, 2.45) is 11.8 Å². The number of piperidine rings is 2. The van der Waals surface area contributed by atoms with Crippen molar-refractivity contribution in [2.45, 2.75) is 44.7 Å². The number of rotatable bonds is 1. The summed E-state index contributed by atoms with van der Waals surface area (Å²) in [5.74, 6) is 1.56. The van der Waals surface area contributed by atoms with Gasteiger partial charge >= 0.3 is 0 Å². The Balaban J connectivity index is 1.62. The Morgan fingerprint density at radius 3 is 2.79 bits per heavy atom. The van der Waals surface area contributed by atoms with Crippen molar-refractivity contribution < 1.29 is 4.79 Å². The molecule has 4 nitrogen and oxygen atoms in total. The van der Waals surface area contributed by atoms with Crippen molar-refractivity contribution in [1.82, 2.24) is 15.1 Å². The number of carbonyl (C=O) groups excluding carboxylic acids is 1. The van der Waals surface area contributed by atoms with Gasteiger partial charge in [-0.15, -0.1) is 0 Å². The summed E-state index contributed by atoms with van der Waals surface area (Å²) in [4.78, 5) is 17.3. The number of hydrogen-bond acceptors (Lipinski definition) is 3. The van der Waals surface area contributed by atoms with E-state index in [2.05, 4.69) is 29.1 Å². The van der Waals surface area contributed by atoms with Crippen LogP contribution in [0.1, 0.15) is 32.6 Å². The van der Waals surface area contributed by atoms with E-state index >= 15 is 0 Å². The fraction of sp³-hybridized carbons (Fsp3) is 0.933. The Labute approximate surface area is 116 Å². The molecule has 0 saturated carbocycles. The molecule has 3 rings (SSSR count). The standard InChI is InChI=1S/C15H27N3O/c1-11-5-7-16-14(11)15(19)18-9-6-13-12(10-18)4-3-8-17(13)2/h11-14,16H,3-10H2,1-2H3. The van der Waals surface area contributed by atoms with Gasteiger partial charge in [0.05, 0.1) is 6.04 Å². The van der Waals surface area contributed by atoms with Crippen LogP contribution in [0.4, 0.5) is 0 Å². The zero-order chi connectivity index (χ0) is 13.4. The summed E-state index contributed by atoms with van der Waals surface area (Å²) >= 11 is 0. The number of hydrogen-bond donors (Lipinski definition) is 1. The molecule has 0 radical (unpaired) electrons. The lowest BCUT2D eigenvalue weighted by Gasteiger charge is -2.46. The number of nitrogens with zero attached hydrogens (tertiary/aromatic N) is 2. The lowest BCUT2D eigenvalue weighted by Crippen LogP contribution is -2.56. The van der Waals surface area contributed by atoms with E-state index in [1.807, 2.05) is 0 Å². The largest absolute Gasteiger partial charge is 0.341 e. The molecule has 0 bridgehead atoms. The predicted octanol–water partition coefficient (Wildman–Crippen LogP) is 0.927. The van der Waals surface area contributed by atoms with Gasteiger partial charge in [-0.05, 0) is 57.7 Å². The van der Waals surface area contributed by atoms with Crippen LogP contribution in [0.5, 0.6) is 0 Å². The van der Waals surface area contributed by atoms with Crippen LogP contribution in [0.2, 0.25) is 0 Å². The average Bonchev–Trinajstić information content (AvgIpc) is 2.84. The third kappa shape index (κ3) is 2.52. The van der Waals surface area contributed by atoms with E-state index in [1.54, 1.807) is 0 Å². The summed E-state index contributed by atoms with van der Waals surface area (Å²) in [5.41, 5.74) is 0. The van der Waals surface area contributed by atoms with Gasteiger partial charge in [0.25, 0.3) is 0 Å². The molecule has 3 fully saturated rings. The fourth-order valence-electron chi connectivity index (χ4n) is 4.21. The molecule has 1 amide bonds. The van der Waals surface area contributed by atoms with Crippen molar-refractivity contribution >= 4 is 5.91 Å². The number of amides is 1. The van der Waals surface area contributed by atoms with E-state index in [4.69, 9.17) is 0 Å². The van der Waals surface area contributed by atoms with E-state index in [0.29, 0.717) is 23.8 Å². The van der Waals surface area contributed by atoms with Crippen LogP contribution >= 0.6 is 0 Å². The first-order valence-corrected chi connectivity index (χ1v) is 7.89. The first-order chi connectivity index (χ1) is 9.16. The van der Waals surface area contributed by atoms with Crippen LogP contribution < -0.4 is 5.32 Å². The fourth-order valence-corrected chi connectivity index (χ4v) is 4.21. The van der Waals surface area contributed by atoms with E-state index in [9.17, 15) is 4.79 Å². The number of likely N-dealkylation sites (tertiary alicyclic amines) is 2. The van der Waals surface area contributed by atoms with Crippen molar-refractivity contribution in [1.29, 1.82) is 0 Å². The van der Waals surface area contributed by atoms with E-state index in [1.165, 1.54) is 19.4 Å². The Kier molecular flexibility index (Phi) is 3.81. The van der Waals surface area contributed by atoms with Crippen LogP contribution in [0, 0.1) is 11.8 Å². The van der Waals surface area contributed by atoms with Crippen LogP contribution in [0.3, 0.4) is 0 Å². The summed E-state index contributed by atoms with van der Waals surface area (Å²) < 4.78 is 0. The highest BCUT2D eigenvalue weighted by Crippen LogP contribution is 2.30. The quantitative estimate of drug-likeness (QED) is 0.766. The van der Waals surface area contributed by atoms with Gasteiger partial charge in [-0.25, -0.2) is 0 Å². The van der Waals surface area contributed by atoms with Gasteiger partial charge in [-0.3, -0.25) is 4.79 Å². The lowest BCUT2D eigenvalue weighted by atomic mass is 9.84. The van der Waals surface area contributed by atoms with Gasteiger partial charge in [0.1, 0.15) is 0 Å². The summed E-state index contributed by atoms with van der Waals surface area (Å²) in [6, 6.07) is 0.796. The van der Waals surface area contributed by atoms with Gasteiger partial charge < -0.3 is 15.1 Å². The Morgan fingerprint density at radius 1 is 1.21 bits per heavy atom. The second kappa shape index (κ2) is 5.41. The first-order valence-electron chi connectivity index (χ1n) is 7.89. The minimum Gasteiger partial charge on any atom is -0.341 e. The van der Waals surface area contributed by atoms with Crippen molar-refractivity contribution in [3.63, 3.8) is 0 Å². The maximum absolute atomic E-state index is 12.6. The second-order valence-corrected chi connectivity index (χ2v) is 6.72. The lowest BCUT2D eigenvalue weighted by molar-refractivity contribution is -0.137. The molecule has 3 saturated heterocycles. The number of fused-ring (bicyclic) bond motifs is 1. The molecular formula is C15H27N3O. The maximum Gasteiger partial charge on any atom is 0.239 e. The molecule has 1 N–H and O–H groups in total. The predicted molar refractivity (Wildman–Crippen MR) is 75.9 cm³/mol. The molecule has 0 aromatic rings. The van der Waals surface area contributed by atoms with E-state index in [0.717, 1.165) is 32.5 Å². The molecule has 3 aliphatic heterocycles. The third-order valence-electron chi connectivity index (χ3n) is 5.46. The van der Waals surface area contributed by atoms with Crippen LogP contribution in [-0.2, 0) is 4.79 Å². The van der Waals surface area contributed by atoms with Crippen molar-refractivity contribution in [2.75, 3.05) is 33.2 Å². The summed E-state index contributed by atoms with van der Waals surface area (Å²) in [7, 11) is 2.24. The number of carbonyl (C=O) groups is 1. The van der Waals surface area contributed by atoms with Gasteiger partial charge in [-0.1, -0.05) is 6.92 Å². The zero-order valence-electron chi connectivity index (χ0n) is 12.3.